The standard InChI is InChI=1S/C22H15NOS2/c24-21(12-11-19-14-17-4-1-2-6-22(17)26-19)16-7-9-18(10-8-16)23-15-20-5-3-13-25-20/h1-15H. The minimum absolute atomic E-state index is 0.00348. The predicted octanol–water partition coefficient (Wildman–Crippen LogP) is 6.61. The summed E-state index contributed by atoms with van der Waals surface area (Å²) in [6.45, 7) is 0. The van der Waals surface area contributed by atoms with Crippen LogP contribution >= 0.6 is 22.7 Å². The Labute approximate surface area is 159 Å². The van der Waals surface area contributed by atoms with Crippen LogP contribution in [0.3, 0.4) is 0 Å². The molecule has 0 aliphatic carbocycles. The lowest BCUT2D eigenvalue weighted by atomic mass is 10.1. The quantitative estimate of drug-likeness (QED) is 0.220. The number of allylic oxidation sites excluding steroid dienone is 1. The number of benzene rings is 2. The first-order valence-corrected chi connectivity index (χ1v) is 9.86. The Bertz CT molecular complexity index is 1050. The van der Waals surface area contributed by atoms with Gasteiger partial charge in [-0.1, -0.05) is 24.3 Å². The molecule has 126 valence electrons. The van der Waals surface area contributed by atoms with Gasteiger partial charge in [-0.2, -0.15) is 0 Å². The summed E-state index contributed by atoms with van der Waals surface area (Å²) in [6, 6.07) is 21.7. The maximum atomic E-state index is 12.4. The highest BCUT2D eigenvalue weighted by molar-refractivity contribution is 7.19. The topological polar surface area (TPSA) is 29.4 Å². The van der Waals surface area contributed by atoms with E-state index in [2.05, 4.69) is 23.2 Å². The van der Waals surface area contributed by atoms with Crippen LogP contribution in [0.2, 0.25) is 0 Å². The van der Waals surface area contributed by atoms with Gasteiger partial charge in [0.25, 0.3) is 0 Å². The summed E-state index contributed by atoms with van der Waals surface area (Å²) in [5.41, 5.74) is 1.50. The second-order valence-electron chi connectivity index (χ2n) is 5.70. The molecule has 4 heteroatoms. The van der Waals surface area contributed by atoms with Crippen molar-refractivity contribution in [2.24, 2.45) is 4.99 Å². The predicted molar refractivity (Wildman–Crippen MR) is 113 cm³/mol. The molecule has 4 aromatic rings. The van der Waals surface area contributed by atoms with Crippen molar-refractivity contribution in [2.45, 2.75) is 0 Å². The first-order chi connectivity index (χ1) is 12.8. The van der Waals surface area contributed by atoms with Crippen LogP contribution in [-0.4, -0.2) is 12.0 Å². The van der Waals surface area contributed by atoms with Crippen LogP contribution in [0.4, 0.5) is 5.69 Å². The maximum Gasteiger partial charge on any atom is 0.185 e. The molecule has 0 N–H and O–H groups in total. The number of thiophene rings is 2. The van der Waals surface area contributed by atoms with Gasteiger partial charge >= 0.3 is 0 Å². The van der Waals surface area contributed by atoms with Crippen LogP contribution < -0.4 is 0 Å². The number of ketones is 1. The zero-order chi connectivity index (χ0) is 17.8. The number of aliphatic imine (C=N–C) groups is 1. The summed E-state index contributed by atoms with van der Waals surface area (Å²) in [6.07, 6.45) is 5.35. The molecule has 0 aliphatic rings. The molecule has 2 nitrogen and oxygen atoms in total. The Kier molecular flexibility index (Phi) is 4.86. The van der Waals surface area contributed by atoms with Crippen LogP contribution in [0.5, 0.6) is 0 Å². The fourth-order valence-electron chi connectivity index (χ4n) is 2.55. The van der Waals surface area contributed by atoms with E-state index in [4.69, 9.17) is 0 Å². The van der Waals surface area contributed by atoms with E-state index in [1.165, 1.54) is 10.1 Å². The van der Waals surface area contributed by atoms with Crippen molar-refractivity contribution in [2.75, 3.05) is 0 Å². The van der Waals surface area contributed by atoms with Crippen molar-refractivity contribution in [3.05, 3.63) is 93.5 Å². The van der Waals surface area contributed by atoms with Gasteiger partial charge in [-0.3, -0.25) is 9.79 Å². The molecule has 0 saturated heterocycles. The van der Waals surface area contributed by atoms with E-state index in [1.807, 2.05) is 66.2 Å². The minimum atomic E-state index is -0.00348. The number of rotatable bonds is 5. The zero-order valence-corrected chi connectivity index (χ0v) is 15.5. The molecule has 0 bridgehead atoms. The Hall–Kier alpha value is -2.82. The molecule has 4 rings (SSSR count). The van der Waals surface area contributed by atoms with Crippen molar-refractivity contribution in [3.8, 4) is 0 Å². The Balaban J connectivity index is 1.45. The normalized spacial score (nSPS) is 11.7. The van der Waals surface area contributed by atoms with Crippen molar-refractivity contribution in [1.82, 2.24) is 0 Å². The van der Waals surface area contributed by atoms with Gasteiger partial charge in [0.05, 0.1) is 5.69 Å². The molecule has 0 amide bonds. The van der Waals surface area contributed by atoms with Crippen LogP contribution in [0, 0.1) is 0 Å². The van der Waals surface area contributed by atoms with Crippen molar-refractivity contribution in [3.63, 3.8) is 0 Å². The van der Waals surface area contributed by atoms with Gasteiger partial charge in [0, 0.05) is 26.2 Å². The first-order valence-electron chi connectivity index (χ1n) is 8.16. The van der Waals surface area contributed by atoms with E-state index in [1.54, 1.807) is 28.7 Å². The van der Waals surface area contributed by atoms with E-state index in [-0.39, 0.29) is 5.78 Å². The summed E-state index contributed by atoms with van der Waals surface area (Å²) in [5, 5.41) is 3.23. The molecule has 0 saturated carbocycles. The highest BCUT2D eigenvalue weighted by atomic mass is 32.1. The van der Waals surface area contributed by atoms with Crippen LogP contribution in [-0.2, 0) is 0 Å². The van der Waals surface area contributed by atoms with E-state index >= 15 is 0 Å². The van der Waals surface area contributed by atoms with Gasteiger partial charge in [0.2, 0.25) is 0 Å². The number of carbonyl (C=O) groups is 1. The molecule has 0 atom stereocenters. The molecule has 0 spiro atoms. The zero-order valence-electron chi connectivity index (χ0n) is 13.8. The second kappa shape index (κ2) is 7.60. The molecular weight excluding hydrogens is 358 g/mol. The lowest BCUT2D eigenvalue weighted by molar-refractivity contribution is 0.104. The summed E-state index contributed by atoms with van der Waals surface area (Å²) < 4.78 is 1.23. The van der Waals surface area contributed by atoms with Crippen LogP contribution in [0.15, 0.2) is 83.2 Å². The fraction of sp³-hybridized carbons (Fsp3) is 0. The SMILES string of the molecule is O=C(C=Cc1cc2ccccc2s1)c1ccc(N=Cc2cccs2)cc1. The number of hydrogen-bond donors (Lipinski definition) is 0. The third kappa shape index (κ3) is 3.87. The Morgan fingerprint density at radius 3 is 2.54 bits per heavy atom. The lowest BCUT2D eigenvalue weighted by Gasteiger charge is -1.97. The molecule has 2 aromatic heterocycles. The number of hydrogen-bond acceptors (Lipinski definition) is 4. The van der Waals surface area contributed by atoms with E-state index in [0.29, 0.717) is 5.56 Å². The molecule has 26 heavy (non-hydrogen) atoms. The number of nitrogens with zero attached hydrogens (tertiary/aromatic N) is 1. The van der Waals surface area contributed by atoms with Crippen molar-refractivity contribution >= 4 is 56.5 Å². The average molecular weight is 374 g/mol. The Morgan fingerprint density at radius 1 is 0.923 bits per heavy atom. The molecule has 0 aliphatic heterocycles. The van der Waals surface area contributed by atoms with Gasteiger partial charge in [-0.15, -0.1) is 22.7 Å². The summed E-state index contributed by atoms with van der Waals surface area (Å²) in [5.74, 6) is -0.00348. The largest absolute Gasteiger partial charge is 0.289 e. The molecule has 2 heterocycles. The van der Waals surface area contributed by atoms with E-state index < -0.39 is 0 Å². The number of fused-ring (bicyclic) bond motifs is 1. The summed E-state index contributed by atoms with van der Waals surface area (Å²) in [7, 11) is 0. The monoisotopic (exact) mass is 373 g/mol. The fourth-order valence-corrected chi connectivity index (χ4v) is 4.11. The van der Waals surface area contributed by atoms with Crippen molar-refractivity contribution < 1.29 is 4.79 Å². The van der Waals surface area contributed by atoms with Crippen LogP contribution in [0.25, 0.3) is 16.2 Å². The minimum Gasteiger partial charge on any atom is -0.289 e. The lowest BCUT2D eigenvalue weighted by Crippen LogP contribution is -1.92. The van der Waals surface area contributed by atoms with Gasteiger partial charge in [-0.25, -0.2) is 0 Å². The van der Waals surface area contributed by atoms with Gasteiger partial charge in [0.15, 0.2) is 5.78 Å². The van der Waals surface area contributed by atoms with E-state index in [0.717, 1.165) is 15.4 Å². The van der Waals surface area contributed by atoms with Crippen molar-refractivity contribution in [1.29, 1.82) is 0 Å². The summed E-state index contributed by atoms with van der Waals surface area (Å²) >= 11 is 3.33. The average Bonchev–Trinajstić information content (AvgIpc) is 3.34. The smallest absolute Gasteiger partial charge is 0.185 e. The van der Waals surface area contributed by atoms with Crippen LogP contribution in [0.1, 0.15) is 20.1 Å². The highest BCUT2D eigenvalue weighted by Crippen LogP contribution is 2.26. The second-order valence-corrected chi connectivity index (χ2v) is 7.80. The Morgan fingerprint density at radius 2 is 1.77 bits per heavy atom. The highest BCUT2D eigenvalue weighted by Gasteiger charge is 2.03. The summed E-state index contributed by atoms with van der Waals surface area (Å²) in [4.78, 5) is 19.0. The van der Waals surface area contributed by atoms with Gasteiger partial charge in [-0.05, 0) is 65.4 Å². The third-order valence-electron chi connectivity index (χ3n) is 3.88. The maximum absolute atomic E-state index is 12.4. The van der Waals surface area contributed by atoms with Gasteiger partial charge in [0.1, 0.15) is 0 Å². The first kappa shape index (κ1) is 16.6. The van der Waals surface area contributed by atoms with E-state index in [9.17, 15) is 4.79 Å². The third-order valence-corrected chi connectivity index (χ3v) is 5.77. The number of carbonyl (C=O) groups excluding carboxylic acids is 1. The molecule has 0 radical (unpaired) electrons. The molecular formula is C22H15NOS2. The molecule has 2 aromatic carbocycles. The van der Waals surface area contributed by atoms with Gasteiger partial charge < -0.3 is 0 Å². The molecule has 0 unspecified atom stereocenters. The molecule has 0 fully saturated rings.